The van der Waals surface area contributed by atoms with Gasteiger partial charge in [0.25, 0.3) is 5.91 Å². The maximum Gasteiger partial charge on any atom is 0.253 e. The number of carbonyl (C=O) groups excluding carboxylic acids is 1. The highest BCUT2D eigenvalue weighted by Crippen LogP contribution is 2.09. The predicted octanol–water partition coefficient (Wildman–Crippen LogP) is 1.89. The van der Waals surface area contributed by atoms with E-state index in [0.717, 1.165) is 49.9 Å². The van der Waals surface area contributed by atoms with Gasteiger partial charge >= 0.3 is 0 Å². The van der Waals surface area contributed by atoms with Crippen molar-refractivity contribution in [2.24, 2.45) is 4.99 Å². The highest BCUT2D eigenvalue weighted by molar-refractivity contribution is 14.0. The van der Waals surface area contributed by atoms with Gasteiger partial charge in [0.1, 0.15) is 6.26 Å². The van der Waals surface area contributed by atoms with Crippen LogP contribution in [0.15, 0.2) is 46.1 Å². The molecule has 0 bridgehead atoms. The van der Waals surface area contributed by atoms with Gasteiger partial charge in [-0.1, -0.05) is 17.3 Å². The molecule has 0 saturated carbocycles. The van der Waals surface area contributed by atoms with Crippen LogP contribution >= 0.6 is 24.0 Å². The second-order valence-corrected chi connectivity index (χ2v) is 7.05. The van der Waals surface area contributed by atoms with Crippen molar-refractivity contribution in [1.29, 1.82) is 0 Å². The van der Waals surface area contributed by atoms with E-state index in [-0.39, 0.29) is 29.9 Å². The molecule has 29 heavy (non-hydrogen) atoms. The lowest BCUT2D eigenvalue weighted by Gasteiger charge is -2.36. The van der Waals surface area contributed by atoms with E-state index >= 15 is 0 Å². The SMILES string of the molecule is CN=C(NCc1ccc(C(=O)N(C)C)cc1)N1CCN(Cc2ccon2)CC1.I. The van der Waals surface area contributed by atoms with Crippen LogP contribution < -0.4 is 5.32 Å². The highest BCUT2D eigenvalue weighted by Gasteiger charge is 2.20. The van der Waals surface area contributed by atoms with Crippen molar-refractivity contribution in [3.8, 4) is 0 Å². The summed E-state index contributed by atoms with van der Waals surface area (Å²) in [5.41, 5.74) is 2.77. The summed E-state index contributed by atoms with van der Waals surface area (Å²) in [6.07, 6.45) is 1.61. The molecule has 0 aliphatic carbocycles. The van der Waals surface area contributed by atoms with Crippen LogP contribution in [0.5, 0.6) is 0 Å². The molecule has 0 spiro atoms. The highest BCUT2D eigenvalue weighted by atomic mass is 127. The van der Waals surface area contributed by atoms with E-state index in [9.17, 15) is 4.79 Å². The summed E-state index contributed by atoms with van der Waals surface area (Å²) in [6.45, 7) is 5.21. The topological polar surface area (TPSA) is 77.2 Å². The number of guanidine groups is 1. The Labute approximate surface area is 188 Å². The zero-order chi connectivity index (χ0) is 19.9. The van der Waals surface area contributed by atoms with Crippen molar-refractivity contribution in [2.45, 2.75) is 13.1 Å². The summed E-state index contributed by atoms with van der Waals surface area (Å²) >= 11 is 0. The Morgan fingerprint density at radius 2 is 1.86 bits per heavy atom. The lowest BCUT2D eigenvalue weighted by molar-refractivity contribution is 0.0827. The normalized spacial score (nSPS) is 15.0. The van der Waals surface area contributed by atoms with Crippen molar-refractivity contribution in [3.05, 3.63) is 53.4 Å². The van der Waals surface area contributed by atoms with Gasteiger partial charge in [0.05, 0.1) is 5.69 Å². The van der Waals surface area contributed by atoms with Gasteiger partial charge in [0.15, 0.2) is 5.96 Å². The molecule has 1 aromatic heterocycles. The van der Waals surface area contributed by atoms with Gasteiger partial charge in [0.2, 0.25) is 0 Å². The predicted molar refractivity (Wildman–Crippen MR) is 123 cm³/mol. The number of rotatable bonds is 5. The summed E-state index contributed by atoms with van der Waals surface area (Å²) < 4.78 is 4.90. The largest absolute Gasteiger partial charge is 0.364 e. The lowest BCUT2D eigenvalue weighted by Crippen LogP contribution is -2.52. The maximum absolute atomic E-state index is 12.0. The van der Waals surface area contributed by atoms with Crippen molar-refractivity contribution >= 4 is 35.8 Å². The number of halogens is 1. The monoisotopic (exact) mass is 512 g/mol. The van der Waals surface area contributed by atoms with Crippen molar-refractivity contribution in [1.82, 2.24) is 25.2 Å². The van der Waals surface area contributed by atoms with Gasteiger partial charge in [-0.2, -0.15) is 0 Å². The number of hydrogen-bond donors (Lipinski definition) is 1. The number of benzene rings is 1. The van der Waals surface area contributed by atoms with Crippen LogP contribution in [0.2, 0.25) is 0 Å². The molecule has 1 aromatic carbocycles. The molecule has 2 heterocycles. The van der Waals surface area contributed by atoms with Gasteiger partial charge in [-0.25, -0.2) is 0 Å². The molecule has 0 radical (unpaired) electrons. The van der Waals surface area contributed by atoms with Crippen molar-refractivity contribution < 1.29 is 9.32 Å². The Morgan fingerprint density at radius 1 is 1.17 bits per heavy atom. The van der Waals surface area contributed by atoms with E-state index in [0.29, 0.717) is 12.1 Å². The number of aromatic nitrogens is 1. The van der Waals surface area contributed by atoms with Gasteiger partial charge in [-0.3, -0.25) is 14.7 Å². The Morgan fingerprint density at radius 3 is 2.41 bits per heavy atom. The van der Waals surface area contributed by atoms with Crippen LogP contribution in [0.3, 0.4) is 0 Å². The lowest BCUT2D eigenvalue weighted by atomic mass is 10.1. The standard InChI is InChI=1S/C20H28N6O2.HI/c1-21-20(22-14-16-4-6-17(7-5-16)19(27)24(2)3)26-11-9-25(10-12-26)15-18-8-13-28-23-18;/h4-8,13H,9-12,14-15H2,1-3H3,(H,21,22);1H. The van der Waals surface area contributed by atoms with Crippen LogP contribution in [-0.2, 0) is 13.1 Å². The molecular formula is C20H29IN6O2. The zero-order valence-corrected chi connectivity index (χ0v) is 19.5. The van der Waals surface area contributed by atoms with Crippen LogP contribution in [0, 0.1) is 0 Å². The smallest absolute Gasteiger partial charge is 0.253 e. The number of nitrogens with one attached hydrogen (secondary N) is 1. The summed E-state index contributed by atoms with van der Waals surface area (Å²) in [5, 5.41) is 7.40. The first kappa shape index (κ1) is 23.1. The van der Waals surface area contributed by atoms with Gasteiger partial charge < -0.3 is 19.6 Å². The molecule has 1 fully saturated rings. The van der Waals surface area contributed by atoms with Crippen LogP contribution in [0.1, 0.15) is 21.6 Å². The first-order valence-electron chi connectivity index (χ1n) is 9.44. The minimum absolute atomic E-state index is 0. The third kappa shape index (κ3) is 6.43. The number of aliphatic imine (C=N–C) groups is 1. The summed E-state index contributed by atoms with van der Waals surface area (Å²) in [7, 11) is 5.32. The molecule has 1 N–H and O–H groups in total. The molecule has 158 valence electrons. The van der Waals surface area contributed by atoms with Crippen molar-refractivity contribution in [3.63, 3.8) is 0 Å². The van der Waals surface area contributed by atoms with E-state index in [1.807, 2.05) is 37.4 Å². The number of nitrogens with zero attached hydrogens (tertiary/aromatic N) is 5. The molecule has 0 atom stereocenters. The summed E-state index contributed by atoms with van der Waals surface area (Å²) in [5.74, 6) is 0.911. The second kappa shape index (κ2) is 11.1. The molecule has 1 amide bonds. The number of piperazine rings is 1. The van der Waals surface area contributed by atoms with Gasteiger partial charge in [0, 0.05) is 72.0 Å². The van der Waals surface area contributed by atoms with E-state index < -0.39 is 0 Å². The Balaban J connectivity index is 0.00000300. The van der Waals surface area contributed by atoms with E-state index in [2.05, 4.69) is 25.3 Å². The quantitative estimate of drug-likeness (QED) is 0.375. The molecule has 2 aromatic rings. The minimum atomic E-state index is 0. The Bertz CT molecular complexity index is 784. The number of hydrogen-bond acceptors (Lipinski definition) is 5. The van der Waals surface area contributed by atoms with E-state index in [1.54, 1.807) is 25.3 Å². The molecular weight excluding hydrogens is 483 g/mol. The Kier molecular flexibility index (Phi) is 8.90. The molecule has 0 unspecified atom stereocenters. The molecule has 1 saturated heterocycles. The Hall–Kier alpha value is -2.14. The average Bonchev–Trinajstić information content (AvgIpc) is 3.22. The molecule has 9 heteroatoms. The molecule has 1 aliphatic rings. The summed E-state index contributed by atoms with van der Waals surface area (Å²) in [4.78, 5) is 22.6. The van der Waals surface area contributed by atoms with Crippen LogP contribution in [0.4, 0.5) is 0 Å². The minimum Gasteiger partial charge on any atom is -0.364 e. The second-order valence-electron chi connectivity index (χ2n) is 7.05. The number of amides is 1. The van der Waals surface area contributed by atoms with Gasteiger partial charge in [-0.15, -0.1) is 24.0 Å². The first-order valence-corrected chi connectivity index (χ1v) is 9.44. The number of carbonyl (C=O) groups is 1. The first-order chi connectivity index (χ1) is 13.6. The third-order valence-corrected chi connectivity index (χ3v) is 4.82. The average molecular weight is 512 g/mol. The molecule has 1 aliphatic heterocycles. The zero-order valence-electron chi connectivity index (χ0n) is 17.2. The van der Waals surface area contributed by atoms with E-state index in [4.69, 9.17) is 4.52 Å². The molecule has 8 nitrogen and oxygen atoms in total. The van der Waals surface area contributed by atoms with Crippen LogP contribution in [-0.4, -0.2) is 79.0 Å². The molecule has 3 rings (SSSR count). The maximum atomic E-state index is 12.0. The van der Waals surface area contributed by atoms with E-state index in [1.165, 1.54) is 0 Å². The summed E-state index contributed by atoms with van der Waals surface area (Å²) in [6, 6.07) is 9.60. The fourth-order valence-electron chi connectivity index (χ4n) is 3.20. The van der Waals surface area contributed by atoms with Crippen LogP contribution in [0.25, 0.3) is 0 Å². The fraction of sp³-hybridized carbons (Fsp3) is 0.450. The van der Waals surface area contributed by atoms with Crippen molar-refractivity contribution in [2.75, 3.05) is 47.3 Å². The fourth-order valence-corrected chi connectivity index (χ4v) is 3.20. The van der Waals surface area contributed by atoms with Gasteiger partial charge in [-0.05, 0) is 17.7 Å². The third-order valence-electron chi connectivity index (χ3n) is 4.82.